The predicted octanol–water partition coefficient (Wildman–Crippen LogP) is 2.07. The molecule has 0 aliphatic rings. The topological polar surface area (TPSA) is 40.5 Å². The number of hydrogen-bond donors (Lipinski definition) is 1. The van der Waals surface area contributed by atoms with Gasteiger partial charge in [0.25, 0.3) is 0 Å². The maximum atomic E-state index is 12.7. The summed E-state index contributed by atoms with van der Waals surface area (Å²) in [5.41, 5.74) is 0.772. The Hall–Kier alpha value is -1.68. The molecule has 1 aromatic rings. The smallest absolute Gasteiger partial charge is 0.246 e. The molecule has 3 nitrogen and oxygen atoms in total. The highest BCUT2D eigenvalue weighted by molar-refractivity contribution is 5.91. The van der Waals surface area contributed by atoms with Crippen LogP contribution in [-0.2, 0) is 4.79 Å². The zero-order valence-corrected chi connectivity index (χ0v) is 10.6. The van der Waals surface area contributed by atoms with E-state index in [2.05, 4.69) is 0 Å². The molecule has 0 fully saturated rings. The maximum Gasteiger partial charge on any atom is 0.246 e. The lowest BCUT2D eigenvalue weighted by molar-refractivity contribution is -0.124. The van der Waals surface area contributed by atoms with E-state index in [4.69, 9.17) is 5.11 Å². The van der Waals surface area contributed by atoms with Gasteiger partial charge in [0.15, 0.2) is 0 Å². The van der Waals surface area contributed by atoms with Crippen LogP contribution in [0.2, 0.25) is 0 Å². The van der Waals surface area contributed by atoms with Crippen molar-refractivity contribution in [1.29, 1.82) is 0 Å². The lowest BCUT2D eigenvalue weighted by Crippen LogP contribution is -2.27. The summed E-state index contributed by atoms with van der Waals surface area (Å²) in [6.07, 6.45) is 3.21. The average Bonchev–Trinajstić information content (AvgIpc) is 2.34. The highest BCUT2D eigenvalue weighted by Gasteiger charge is 2.05. The minimum Gasteiger partial charge on any atom is -0.393 e. The van der Waals surface area contributed by atoms with E-state index < -0.39 is 6.10 Å². The summed E-state index contributed by atoms with van der Waals surface area (Å²) in [6.45, 7) is 2.19. The Bertz CT molecular complexity index is 412. The Morgan fingerprint density at radius 2 is 2.06 bits per heavy atom. The first-order chi connectivity index (χ1) is 8.49. The highest BCUT2D eigenvalue weighted by Crippen LogP contribution is 2.05. The third-order valence-electron chi connectivity index (χ3n) is 2.55. The van der Waals surface area contributed by atoms with Crippen LogP contribution in [0.5, 0.6) is 0 Å². The van der Waals surface area contributed by atoms with Crippen LogP contribution in [0.3, 0.4) is 0 Å². The second-order valence-corrected chi connectivity index (χ2v) is 4.28. The number of likely N-dealkylation sites (N-methyl/N-ethyl adjacent to an activating group) is 1. The molecule has 18 heavy (non-hydrogen) atoms. The van der Waals surface area contributed by atoms with Gasteiger partial charge >= 0.3 is 0 Å². The number of amides is 1. The second kappa shape index (κ2) is 6.91. The molecule has 0 bridgehead atoms. The van der Waals surface area contributed by atoms with E-state index in [0.29, 0.717) is 13.0 Å². The van der Waals surface area contributed by atoms with Crippen molar-refractivity contribution in [3.8, 4) is 0 Å². The van der Waals surface area contributed by atoms with Crippen molar-refractivity contribution >= 4 is 12.0 Å². The molecular weight excluding hydrogens is 233 g/mol. The van der Waals surface area contributed by atoms with E-state index in [1.165, 1.54) is 23.1 Å². The molecular formula is C14H18FNO2. The van der Waals surface area contributed by atoms with E-state index in [0.717, 1.165) is 5.56 Å². The van der Waals surface area contributed by atoms with Gasteiger partial charge in [0.2, 0.25) is 5.91 Å². The van der Waals surface area contributed by atoms with Crippen LogP contribution < -0.4 is 0 Å². The van der Waals surface area contributed by atoms with E-state index in [1.54, 1.807) is 32.2 Å². The van der Waals surface area contributed by atoms with E-state index in [1.807, 2.05) is 0 Å². The van der Waals surface area contributed by atoms with Gasteiger partial charge < -0.3 is 10.0 Å². The Labute approximate surface area is 107 Å². The summed E-state index contributed by atoms with van der Waals surface area (Å²) in [5, 5.41) is 9.13. The van der Waals surface area contributed by atoms with Gasteiger partial charge in [-0.15, -0.1) is 0 Å². The quantitative estimate of drug-likeness (QED) is 0.814. The van der Waals surface area contributed by atoms with Gasteiger partial charge in [-0.1, -0.05) is 12.1 Å². The number of aliphatic hydroxyl groups excluding tert-OH is 1. The SMILES string of the molecule is CC(O)CCN(C)C(=O)/C=C/c1ccc(F)cc1. The fourth-order valence-corrected chi connectivity index (χ4v) is 1.36. The molecule has 4 heteroatoms. The van der Waals surface area contributed by atoms with Crippen molar-refractivity contribution in [2.24, 2.45) is 0 Å². The van der Waals surface area contributed by atoms with Gasteiger partial charge in [-0.25, -0.2) is 4.39 Å². The van der Waals surface area contributed by atoms with Crippen molar-refractivity contribution in [3.63, 3.8) is 0 Å². The lowest BCUT2D eigenvalue weighted by Gasteiger charge is -2.15. The molecule has 0 spiro atoms. The number of benzene rings is 1. The van der Waals surface area contributed by atoms with E-state index in [-0.39, 0.29) is 11.7 Å². The number of nitrogens with zero attached hydrogens (tertiary/aromatic N) is 1. The Balaban J connectivity index is 2.50. The molecule has 1 amide bonds. The molecule has 1 rings (SSSR count). The van der Waals surface area contributed by atoms with Crippen LogP contribution in [0, 0.1) is 5.82 Å². The molecule has 0 aliphatic heterocycles. The maximum absolute atomic E-state index is 12.7. The Kier molecular flexibility index (Phi) is 5.52. The largest absolute Gasteiger partial charge is 0.393 e. The summed E-state index contributed by atoms with van der Waals surface area (Å²) >= 11 is 0. The van der Waals surface area contributed by atoms with E-state index >= 15 is 0 Å². The zero-order chi connectivity index (χ0) is 13.5. The van der Waals surface area contributed by atoms with Crippen LogP contribution in [0.25, 0.3) is 6.08 Å². The first-order valence-corrected chi connectivity index (χ1v) is 5.86. The van der Waals surface area contributed by atoms with Crippen LogP contribution in [-0.4, -0.2) is 35.6 Å². The number of hydrogen-bond acceptors (Lipinski definition) is 2. The van der Waals surface area contributed by atoms with Crippen molar-refractivity contribution in [1.82, 2.24) is 4.90 Å². The molecule has 1 N–H and O–H groups in total. The van der Waals surface area contributed by atoms with Gasteiger partial charge in [0.05, 0.1) is 6.10 Å². The van der Waals surface area contributed by atoms with Gasteiger partial charge in [-0.05, 0) is 37.1 Å². The summed E-state index contributed by atoms with van der Waals surface area (Å²) < 4.78 is 12.7. The molecule has 1 aromatic carbocycles. The molecule has 0 radical (unpaired) electrons. The standard InChI is InChI=1S/C14H18FNO2/c1-11(17)9-10-16(2)14(18)8-5-12-3-6-13(15)7-4-12/h3-8,11,17H,9-10H2,1-2H3/b8-5+. The fourth-order valence-electron chi connectivity index (χ4n) is 1.36. The fraction of sp³-hybridized carbons (Fsp3) is 0.357. The predicted molar refractivity (Wildman–Crippen MR) is 69.4 cm³/mol. The Morgan fingerprint density at radius 1 is 1.44 bits per heavy atom. The average molecular weight is 251 g/mol. The van der Waals surface area contributed by atoms with Gasteiger partial charge in [0, 0.05) is 19.7 Å². The highest BCUT2D eigenvalue weighted by atomic mass is 19.1. The third-order valence-corrected chi connectivity index (χ3v) is 2.55. The number of halogens is 1. The van der Waals surface area contributed by atoms with Crippen molar-refractivity contribution in [3.05, 3.63) is 41.7 Å². The van der Waals surface area contributed by atoms with Gasteiger partial charge in [-0.2, -0.15) is 0 Å². The van der Waals surface area contributed by atoms with E-state index in [9.17, 15) is 9.18 Å². The molecule has 0 saturated carbocycles. The molecule has 1 atom stereocenters. The second-order valence-electron chi connectivity index (χ2n) is 4.28. The van der Waals surface area contributed by atoms with Crippen molar-refractivity contribution in [2.45, 2.75) is 19.4 Å². The molecule has 0 saturated heterocycles. The molecule has 0 aliphatic carbocycles. The molecule has 0 aromatic heterocycles. The van der Waals surface area contributed by atoms with Crippen molar-refractivity contribution in [2.75, 3.05) is 13.6 Å². The van der Waals surface area contributed by atoms with Crippen LogP contribution in [0.15, 0.2) is 30.3 Å². The number of carbonyl (C=O) groups is 1. The molecule has 1 unspecified atom stereocenters. The number of rotatable bonds is 5. The van der Waals surface area contributed by atoms with Crippen LogP contribution in [0.1, 0.15) is 18.9 Å². The van der Waals surface area contributed by atoms with Gasteiger partial charge in [0.1, 0.15) is 5.82 Å². The monoisotopic (exact) mass is 251 g/mol. The molecule has 0 heterocycles. The Morgan fingerprint density at radius 3 is 2.61 bits per heavy atom. The summed E-state index contributed by atoms with van der Waals surface area (Å²) in [7, 11) is 1.68. The number of aliphatic hydroxyl groups is 1. The zero-order valence-electron chi connectivity index (χ0n) is 10.6. The summed E-state index contributed by atoms with van der Waals surface area (Å²) in [4.78, 5) is 13.2. The number of carbonyl (C=O) groups excluding carboxylic acids is 1. The third kappa shape index (κ3) is 5.10. The minimum atomic E-state index is -0.415. The lowest BCUT2D eigenvalue weighted by atomic mass is 10.2. The van der Waals surface area contributed by atoms with Gasteiger partial charge in [-0.3, -0.25) is 4.79 Å². The minimum absolute atomic E-state index is 0.139. The first kappa shape index (κ1) is 14.4. The van der Waals surface area contributed by atoms with Crippen LogP contribution in [0.4, 0.5) is 4.39 Å². The summed E-state index contributed by atoms with van der Waals surface area (Å²) in [6, 6.07) is 5.91. The normalized spacial score (nSPS) is 12.7. The first-order valence-electron chi connectivity index (χ1n) is 5.86. The van der Waals surface area contributed by atoms with Crippen molar-refractivity contribution < 1.29 is 14.3 Å². The summed E-state index contributed by atoms with van der Waals surface area (Å²) in [5.74, 6) is -0.437. The molecule has 98 valence electrons. The van der Waals surface area contributed by atoms with Crippen LogP contribution >= 0.6 is 0 Å².